The number of carboxylic acids is 1. The summed E-state index contributed by atoms with van der Waals surface area (Å²) in [5.41, 5.74) is -0.0215. The minimum absolute atomic E-state index is 0.0215. The Labute approximate surface area is 142 Å². The van der Waals surface area contributed by atoms with Gasteiger partial charge in [-0.05, 0) is 19.1 Å². The number of nitrogens with zero attached hydrogens (tertiary/aromatic N) is 2. The number of thioether (sulfide) groups is 1. The van der Waals surface area contributed by atoms with Gasteiger partial charge in [-0.1, -0.05) is 0 Å². The molecule has 1 aromatic carbocycles. The van der Waals surface area contributed by atoms with Gasteiger partial charge in [0.15, 0.2) is 0 Å². The Balaban J connectivity index is 2.05. The first kappa shape index (κ1) is 18.2. The number of hydrogen-bond donors (Lipinski definition) is 1. The Bertz CT molecular complexity index is 635. The highest BCUT2D eigenvalue weighted by molar-refractivity contribution is 8.00. The summed E-state index contributed by atoms with van der Waals surface area (Å²) in [7, 11) is 1.49. The second-order valence-corrected chi connectivity index (χ2v) is 6.86. The highest BCUT2D eigenvalue weighted by atomic mass is 32.2. The lowest BCUT2D eigenvalue weighted by Gasteiger charge is -2.24. The number of likely N-dealkylation sites (tertiary alicyclic amines) is 1. The topological polar surface area (TPSA) is 110 Å². The third kappa shape index (κ3) is 4.04. The molecule has 1 aliphatic heterocycles. The summed E-state index contributed by atoms with van der Waals surface area (Å²) in [4.78, 5) is 36.1. The van der Waals surface area contributed by atoms with E-state index in [1.807, 2.05) is 0 Å². The summed E-state index contributed by atoms with van der Waals surface area (Å²) >= 11 is 1.23. The van der Waals surface area contributed by atoms with Crippen molar-refractivity contribution in [2.45, 2.75) is 35.6 Å². The highest BCUT2D eigenvalue weighted by Crippen LogP contribution is 2.29. The molecule has 0 aliphatic carbocycles. The second kappa shape index (κ2) is 7.63. The quantitative estimate of drug-likeness (QED) is 0.471. The lowest BCUT2D eigenvalue weighted by atomic mass is 10.2. The molecule has 130 valence electrons. The van der Waals surface area contributed by atoms with E-state index in [2.05, 4.69) is 0 Å². The van der Waals surface area contributed by atoms with E-state index in [9.17, 15) is 24.8 Å². The van der Waals surface area contributed by atoms with E-state index in [4.69, 9.17) is 4.74 Å². The molecular formula is C15H18N2O6S. The van der Waals surface area contributed by atoms with Gasteiger partial charge in [0.1, 0.15) is 6.04 Å². The monoisotopic (exact) mass is 354 g/mol. The number of carboxylic acid groups (broad SMARTS) is 1. The van der Waals surface area contributed by atoms with Crippen LogP contribution < -0.4 is 0 Å². The number of carbonyl (C=O) groups excluding carboxylic acids is 1. The van der Waals surface area contributed by atoms with Crippen LogP contribution in [0, 0.1) is 10.1 Å². The van der Waals surface area contributed by atoms with Crippen molar-refractivity contribution in [2.24, 2.45) is 0 Å². The number of nitro groups is 1. The van der Waals surface area contributed by atoms with Crippen LogP contribution in [0.1, 0.15) is 13.3 Å². The van der Waals surface area contributed by atoms with E-state index in [0.29, 0.717) is 4.90 Å². The maximum Gasteiger partial charge on any atom is 0.326 e. The van der Waals surface area contributed by atoms with Gasteiger partial charge >= 0.3 is 5.97 Å². The third-order valence-corrected chi connectivity index (χ3v) is 4.97. The Morgan fingerprint density at radius 1 is 1.42 bits per heavy atom. The first-order valence-corrected chi connectivity index (χ1v) is 8.18. The number of ether oxygens (including phenoxy) is 1. The van der Waals surface area contributed by atoms with Crippen molar-refractivity contribution in [3.63, 3.8) is 0 Å². The van der Waals surface area contributed by atoms with Gasteiger partial charge in [0.2, 0.25) is 5.91 Å². The molecule has 1 aromatic rings. The standard InChI is InChI=1S/C15H18N2O6S/c1-9(24-12-5-3-10(4-6-12)17(21)22)14(18)16-8-11(23-2)7-13(16)15(19)20/h3-6,9,11,13H,7-8H2,1-2H3,(H,19,20). The van der Waals surface area contributed by atoms with E-state index in [1.165, 1.54) is 35.9 Å². The molecule has 1 fully saturated rings. The molecule has 8 nitrogen and oxygen atoms in total. The number of aliphatic carboxylic acids is 1. The molecule has 3 atom stereocenters. The third-order valence-electron chi connectivity index (χ3n) is 3.87. The maximum atomic E-state index is 12.6. The van der Waals surface area contributed by atoms with E-state index >= 15 is 0 Å². The van der Waals surface area contributed by atoms with E-state index in [-0.39, 0.29) is 30.7 Å². The Hall–Kier alpha value is -2.13. The zero-order valence-corrected chi connectivity index (χ0v) is 14.1. The first-order chi connectivity index (χ1) is 11.3. The van der Waals surface area contributed by atoms with Crippen LogP contribution >= 0.6 is 11.8 Å². The summed E-state index contributed by atoms with van der Waals surface area (Å²) in [6.07, 6.45) is -0.0152. The van der Waals surface area contributed by atoms with Crippen molar-refractivity contribution in [3.05, 3.63) is 34.4 Å². The van der Waals surface area contributed by atoms with Crippen LogP contribution in [-0.2, 0) is 14.3 Å². The van der Waals surface area contributed by atoms with Gasteiger partial charge in [-0.2, -0.15) is 0 Å². The fourth-order valence-electron chi connectivity index (χ4n) is 2.58. The van der Waals surface area contributed by atoms with E-state index in [0.717, 1.165) is 0 Å². The molecule has 0 saturated carbocycles. The Kier molecular flexibility index (Phi) is 5.79. The predicted octanol–water partition coefficient (Wildman–Crippen LogP) is 1.78. The molecule has 1 N–H and O–H groups in total. The highest BCUT2D eigenvalue weighted by Gasteiger charge is 2.41. The van der Waals surface area contributed by atoms with Crippen LogP contribution in [0.15, 0.2) is 29.2 Å². The van der Waals surface area contributed by atoms with Gasteiger partial charge < -0.3 is 14.7 Å². The molecular weight excluding hydrogens is 336 g/mol. The van der Waals surface area contributed by atoms with Crippen LogP contribution in [-0.4, -0.2) is 57.9 Å². The summed E-state index contributed by atoms with van der Waals surface area (Å²) in [5.74, 6) is -1.33. The minimum Gasteiger partial charge on any atom is -0.480 e. The zero-order valence-electron chi connectivity index (χ0n) is 13.2. The predicted molar refractivity (Wildman–Crippen MR) is 87.0 cm³/mol. The summed E-state index contributed by atoms with van der Waals surface area (Å²) in [6.45, 7) is 1.94. The van der Waals surface area contributed by atoms with E-state index in [1.54, 1.807) is 19.1 Å². The average Bonchev–Trinajstić information content (AvgIpc) is 2.99. The van der Waals surface area contributed by atoms with Crippen molar-refractivity contribution < 1.29 is 24.4 Å². The normalized spacial score (nSPS) is 21.5. The number of carbonyl (C=O) groups is 2. The number of nitro benzene ring substituents is 1. The number of benzene rings is 1. The van der Waals surface area contributed by atoms with Crippen LogP contribution in [0.25, 0.3) is 0 Å². The summed E-state index contributed by atoms with van der Waals surface area (Å²) in [6, 6.07) is 5.00. The van der Waals surface area contributed by atoms with Crippen LogP contribution in [0.2, 0.25) is 0 Å². The molecule has 0 spiro atoms. The van der Waals surface area contributed by atoms with Crippen molar-refractivity contribution in [1.82, 2.24) is 4.90 Å². The van der Waals surface area contributed by atoms with Gasteiger partial charge in [-0.15, -0.1) is 11.8 Å². The largest absolute Gasteiger partial charge is 0.480 e. The number of methoxy groups -OCH3 is 1. The first-order valence-electron chi connectivity index (χ1n) is 7.30. The van der Waals surface area contributed by atoms with Crippen LogP contribution in [0.3, 0.4) is 0 Å². The smallest absolute Gasteiger partial charge is 0.326 e. The fourth-order valence-corrected chi connectivity index (χ4v) is 3.52. The minimum atomic E-state index is -1.05. The van der Waals surface area contributed by atoms with Gasteiger partial charge in [-0.3, -0.25) is 14.9 Å². The lowest BCUT2D eigenvalue weighted by Crippen LogP contribution is -2.44. The SMILES string of the molecule is COC1CC(C(=O)O)N(C(=O)C(C)Sc2ccc([N+](=O)[O-])cc2)C1. The Morgan fingerprint density at radius 2 is 2.04 bits per heavy atom. The molecule has 1 saturated heterocycles. The van der Waals surface area contributed by atoms with Gasteiger partial charge in [0.25, 0.3) is 5.69 Å². The second-order valence-electron chi connectivity index (χ2n) is 5.45. The van der Waals surface area contributed by atoms with Crippen LogP contribution in [0.4, 0.5) is 5.69 Å². The van der Waals surface area contributed by atoms with Gasteiger partial charge in [-0.25, -0.2) is 4.79 Å². The number of rotatable bonds is 6. The lowest BCUT2D eigenvalue weighted by molar-refractivity contribution is -0.384. The fraction of sp³-hybridized carbons (Fsp3) is 0.467. The molecule has 24 heavy (non-hydrogen) atoms. The number of hydrogen-bond acceptors (Lipinski definition) is 6. The van der Waals surface area contributed by atoms with Gasteiger partial charge in [0, 0.05) is 37.1 Å². The molecule has 2 rings (SSSR count). The molecule has 0 radical (unpaired) electrons. The molecule has 1 aliphatic rings. The summed E-state index contributed by atoms with van der Waals surface area (Å²) < 4.78 is 5.18. The molecule has 0 aromatic heterocycles. The Morgan fingerprint density at radius 3 is 2.54 bits per heavy atom. The number of amides is 1. The van der Waals surface area contributed by atoms with Crippen molar-refractivity contribution in [2.75, 3.05) is 13.7 Å². The number of non-ortho nitro benzene ring substituents is 1. The van der Waals surface area contributed by atoms with Crippen molar-refractivity contribution in [1.29, 1.82) is 0 Å². The van der Waals surface area contributed by atoms with Crippen molar-refractivity contribution >= 4 is 29.3 Å². The zero-order chi connectivity index (χ0) is 17.9. The van der Waals surface area contributed by atoms with Crippen molar-refractivity contribution in [3.8, 4) is 0 Å². The summed E-state index contributed by atoms with van der Waals surface area (Å²) in [5, 5.41) is 19.4. The van der Waals surface area contributed by atoms with Gasteiger partial charge in [0.05, 0.1) is 16.3 Å². The molecule has 9 heteroatoms. The molecule has 1 heterocycles. The molecule has 1 amide bonds. The van der Waals surface area contributed by atoms with Crippen LogP contribution in [0.5, 0.6) is 0 Å². The van der Waals surface area contributed by atoms with E-state index < -0.39 is 22.2 Å². The maximum absolute atomic E-state index is 12.6. The molecule has 0 bridgehead atoms. The molecule has 3 unspecified atom stereocenters. The average molecular weight is 354 g/mol.